The Balaban J connectivity index is 1.41. The molecular weight excluding hydrogens is 459 g/mol. The van der Waals surface area contributed by atoms with Crippen LogP contribution in [0, 0.1) is 19.7 Å². The number of aryl methyl sites for hydroxylation is 1. The summed E-state index contributed by atoms with van der Waals surface area (Å²) >= 11 is 0.888. The molecule has 1 fully saturated rings. The normalized spacial score (nSPS) is 14.8. The van der Waals surface area contributed by atoms with Gasteiger partial charge in [0.15, 0.2) is 0 Å². The largest absolute Gasteiger partial charge is 0.318 e. The smallest absolute Gasteiger partial charge is 0.293 e. The van der Waals surface area contributed by atoms with Crippen LogP contribution in [0.5, 0.6) is 0 Å². The summed E-state index contributed by atoms with van der Waals surface area (Å²) in [7, 11) is 0. The zero-order valence-corrected chi connectivity index (χ0v) is 20.2. The molecule has 1 saturated heterocycles. The second kappa shape index (κ2) is 9.39. The predicted molar refractivity (Wildman–Crippen MR) is 139 cm³/mol. The maximum absolute atomic E-state index is 14.1. The van der Waals surface area contributed by atoms with E-state index in [1.807, 2.05) is 38.1 Å². The Labute approximate surface area is 207 Å². The molecule has 0 saturated carbocycles. The Morgan fingerprint density at radius 1 is 0.857 bits per heavy atom. The number of carbonyl (C=O) groups is 2. The molecule has 5 rings (SSSR count). The van der Waals surface area contributed by atoms with Gasteiger partial charge in [0.2, 0.25) is 0 Å². The fraction of sp³-hybridized carbons (Fsp3) is 0.103. The van der Waals surface area contributed by atoms with Crippen molar-refractivity contribution in [3.63, 3.8) is 0 Å². The third kappa shape index (κ3) is 4.45. The first-order valence-electron chi connectivity index (χ1n) is 11.3. The lowest BCUT2D eigenvalue weighted by Crippen LogP contribution is -2.27. The molecule has 0 unspecified atom stereocenters. The molecule has 4 nitrogen and oxygen atoms in total. The first-order valence-corrected chi connectivity index (χ1v) is 12.1. The molecule has 2 amide bonds. The molecule has 1 aliphatic heterocycles. The fourth-order valence-corrected chi connectivity index (χ4v) is 5.17. The lowest BCUT2D eigenvalue weighted by atomic mass is 10.1. The van der Waals surface area contributed by atoms with Crippen LogP contribution in [0.2, 0.25) is 0 Å². The van der Waals surface area contributed by atoms with Crippen LogP contribution in [0.25, 0.3) is 22.9 Å². The highest BCUT2D eigenvalue weighted by Crippen LogP contribution is 2.35. The molecule has 1 aromatic heterocycles. The summed E-state index contributed by atoms with van der Waals surface area (Å²) < 4.78 is 16.2. The van der Waals surface area contributed by atoms with E-state index in [1.165, 1.54) is 6.07 Å². The number of imide groups is 1. The third-order valence-corrected chi connectivity index (χ3v) is 7.06. The average Bonchev–Trinajstić information content (AvgIpc) is 3.30. The molecule has 2 heterocycles. The minimum Gasteiger partial charge on any atom is -0.318 e. The molecule has 0 bridgehead atoms. The van der Waals surface area contributed by atoms with Gasteiger partial charge in [-0.25, -0.2) is 4.39 Å². The number of carbonyl (C=O) groups excluding carboxylic acids is 2. The van der Waals surface area contributed by atoms with Crippen LogP contribution in [0.4, 0.5) is 9.18 Å². The minimum absolute atomic E-state index is 0.0819. The van der Waals surface area contributed by atoms with Gasteiger partial charge in [-0.15, -0.1) is 0 Å². The van der Waals surface area contributed by atoms with Crippen molar-refractivity contribution < 1.29 is 14.0 Å². The number of aromatic nitrogens is 1. The molecule has 1 aliphatic rings. The van der Waals surface area contributed by atoms with E-state index in [0.29, 0.717) is 10.5 Å². The fourth-order valence-electron chi connectivity index (χ4n) is 4.34. The second-order valence-corrected chi connectivity index (χ2v) is 9.43. The first kappa shape index (κ1) is 22.9. The van der Waals surface area contributed by atoms with Crippen LogP contribution in [-0.4, -0.2) is 20.6 Å². The summed E-state index contributed by atoms with van der Waals surface area (Å²) in [6.45, 7) is 3.92. The Kier molecular flexibility index (Phi) is 6.14. The maximum atomic E-state index is 14.1. The van der Waals surface area contributed by atoms with Crippen molar-refractivity contribution in [3.05, 3.63) is 118 Å². The number of nitrogens with zero attached hydrogens (tertiary/aromatic N) is 2. The van der Waals surface area contributed by atoms with E-state index in [0.717, 1.165) is 50.4 Å². The van der Waals surface area contributed by atoms with E-state index in [9.17, 15) is 14.0 Å². The van der Waals surface area contributed by atoms with Crippen molar-refractivity contribution in [1.82, 2.24) is 9.47 Å². The number of thioether (sulfide) groups is 1. The minimum atomic E-state index is -0.433. The van der Waals surface area contributed by atoms with Crippen LogP contribution in [-0.2, 0) is 11.3 Å². The van der Waals surface area contributed by atoms with Crippen LogP contribution in [0.15, 0.2) is 89.8 Å². The van der Waals surface area contributed by atoms with Gasteiger partial charge in [-0.2, -0.15) is 0 Å². The Bertz CT molecular complexity index is 1460. The van der Waals surface area contributed by atoms with Crippen molar-refractivity contribution >= 4 is 29.0 Å². The van der Waals surface area contributed by atoms with Crippen LogP contribution < -0.4 is 0 Å². The van der Waals surface area contributed by atoms with E-state index in [4.69, 9.17) is 0 Å². The highest BCUT2D eigenvalue weighted by molar-refractivity contribution is 8.18. The van der Waals surface area contributed by atoms with Gasteiger partial charge < -0.3 is 4.57 Å². The Hall–Kier alpha value is -3.90. The zero-order chi connectivity index (χ0) is 24.5. The van der Waals surface area contributed by atoms with Gasteiger partial charge in [0.05, 0.1) is 11.4 Å². The number of amides is 2. The number of hydrogen-bond acceptors (Lipinski definition) is 3. The standard InChI is InChI=1S/C29H23FN2O2S/c1-19-16-24(17-27-28(33)31(29(34)35-27)18-23-10-6-7-11-26(23)30)20(2)32(19)25-14-12-22(13-15-25)21-8-4-3-5-9-21/h3-17H,18H2,1-2H3/b27-17-. The highest BCUT2D eigenvalue weighted by Gasteiger charge is 2.35. The van der Waals surface area contributed by atoms with Gasteiger partial charge in [-0.3, -0.25) is 14.5 Å². The molecule has 6 heteroatoms. The van der Waals surface area contributed by atoms with E-state index in [2.05, 4.69) is 41.0 Å². The van der Waals surface area contributed by atoms with Gasteiger partial charge in [0, 0.05) is 22.6 Å². The summed E-state index contributed by atoms with van der Waals surface area (Å²) in [5.41, 5.74) is 6.49. The average molecular weight is 483 g/mol. The van der Waals surface area contributed by atoms with Crippen LogP contribution >= 0.6 is 11.8 Å². The van der Waals surface area contributed by atoms with Gasteiger partial charge in [-0.1, -0.05) is 60.7 Å². The highest BCUT2D eigenvalue weighted by atomic mass is 32.2. The van der Waals surface area contributed by atoms with Crippen molar-refractivity contribution in [2.75, 3.05) is 0 Å². The number of rotatable bonds is 5. The zero-order valence-electron chi connectivity index (χ0n) is 19.4. The summed E-state index contributed by atoms with van der Waals surface area (Å²) in [5.74, 6) is -0.836. The quantitative estimate of drug-likeness (QED) is 0.284. The second-order valence-electron chi connectivity index (χ2n) is 8.43. The molecule has 35 heavy (non-hydrogen) atoms. The number of hydrogen-bond donors (Lipinski definition) is 0. The topological polar surface area (TPSA) is 42.3 Å². The van der Waals surface area contributed by atoms with Gasteiger partial charge in [0.25, 0.3) is 11.1 Å². The molecule has 0 N–H and O–H groups in total. The van der Waals surface area contributed by atoms with Crippen molar-refractivity contribution in [2.24, 2.45) is 0 Å². The van der Waals surface area contributed by atoms with Crippen molar-refractivity contribution in [1.29, 1.82) is 0 Å². The summed E-state index contributed by atoms with van der Waals surface area (Å²) in [4.78, 5) is 26.9. The van der Waals surface area contributed by atoms with E-state index < -0.39 is 17.0 Å². The molecule has 0 radical (unpaired) electrons. The molecule has 174 valence electrons. The van der Waals surface area contributed by atoms with Crippen LogP contribution in [0.1, 0.15) is 22.5 Å². The molecular formula is C29H23FN2O2S. The summed E-state index contributed by atoms with van der Waals surface area (Å²) in [6, 6.07) is 26.7. The molecule has 0 aliphatic carbocycles. The third-order valence-electron chi connectivity index (χ3n) is 6.15. The Morgan fingerprint density at radius 2 is 1.51 bits per heavy atom. The maximum Gasteiger partial charge on any atom is 0.293 e. The summed E-state index contributed by atoms with van der Waals surface area (Å²) in [6.07, 6.45) is 1.75. The summed E-state index contributed by atoms with van der Waals surface area (Å²) in [5, 5.41) is -0.394. The van der Waals surface area contributed by atoms with Gasteiger partial charge in [-0.05, 0) is 72.6 Å². The van der Waals surface area contributed by atoms with Gasteiger partial charge in [0.1, 0.15) is 5.82 Å². The predicted octanol–water partition coefficient (Wildman–Crippen LogP) is 7.14. The van der Waals surface area contributed by atoms with E-state index in [-0.39, 0.29) is 6.54 Å². The Morgan fingerprint density at radius 3 is 2.23 bits per heavy atom. The lowest BCUT2D eigenvalue weighted by Gasteiger charge is -2.12. The monoisotopic (exact) mass is 482 g/mol. The number of benzene rings is 3. The van der Waals surface area contributed by atoms with E-state index in [1.54, 1.807) is 24.3 Å². The number of halogens is 1. The molecule has 4 aromatic rings. The van der Waals surface area contributed by atoms with Crippen molar-refractivity contribution in [2.45, 2.75) is 20.4 Å². The van der Waals surface area contributed by atoms with Gasteiger partial charge >= 0.3 is 0 Å². The molecule has 0 spiro atoms. The molecule has 3 aromatic carbocycles. The first-order chi connectivity index (χ1) is 16.9. The van der Waals surface area contributed by atoms with E-state index >= 15 is 0 Å². The SMILES string of the molecule is Cc1cc(/C=C2\SC(=O)N(Cc3ccccc3F)C2=O)c(C)n1-c1ccc(-c2ccccc2)cc1. The molecule has 0 atom stereocenters. The van der Waals surface area contributed by atoms with Crippen molar-refractivity contribution in [3.8, 4) is 16.8 Å². The lowest BCUT2D eigenvalue weighted by molar-refractivity contribution is -0.123. The van der Waals surface area contributed by atoms with Crippen LogP contribution in [0.3, 0.4) is 0 Å².